The number of carbonyl (C=O) groups is 1. The molecular weight excluding hydrogens is 243 g/mol. The quantitative estimate of drug-likeness (QED) is 0.704. The van der Waals surface area contributed by atoms with Gasteiger partial charge in [0.25, 0.3) is 0 Å². The van der Waals surface area contributed by atoms with Gasteiger partial charge in [0, 0.05) is 0 Å². The van der Waals surface area contributed by atoms with E-state index in [0.29, 0.717) is 11.0 Å². The molecule has 0 unspecified atom stereocenters. The lowest BCUT2D eigenvalue weighted by Gasteiger charge is -1.94. The number of benzene rings is 2. The lowest BCUT2D eigenvalue weighted by atomic mass is 9.81. The van der Waals surface area contributed by atoms with Crippen LogP contribution in [0, 0.1) is 6.92 Å². The number of carboxylic acids is 1. The summed E-state index contributed by atoms with van der Waals surface area (Å²) in [7, 11) is -1.34. The van der Waals surface area contributed by atoms with Gasteiger partial charge < -0.3 is 15.2 Å². The van der Waals surface area contributed by atoms with E-state index in [0.717, 1.165) is 5.56 Å². The topological polar surface area (TPSA) is 77.8 Å². The molecule has 0 spiro atoms. The summed E-state index contributed by atoms with van der Waals surface area (Å²) in [6, 6.07) is 15.4. The Labute approximate surface area is 112 Å². The summed E-state index contributed by atoms with van der Waals surface area (Å²) >= 11 is 0. The SMILES string of the molecule is Cc1ccc(C(=O)O)cc1.OB(O)c1ccccc1. The lowest BCUT2D eigenvalue weighted by molar-refractivity contribution is 0.0697. The summed E-state index contributed by atoms with van der Waals surface area (Å²) in [5.41, 5.74) is 1.94. The highest BCUT2D eigenvalue weighted by Gasteiger charge is 2.07. The standard InChI is InChI=1S/C8H8O2.C6H7BO2/c1-6-2-4-7(5-3-6)8(9)10;8-7(9)6-4-2-1-3-5-6/h2-5H,1H3,(H,9,10);1-5,8-9H. The van der Waals surface area contributed by atoms with E-state index >= 15 is 0 Å². The van der Waals surface area contributed by atoms with Crippen molar-refractivity contribution in [1.82, 2.24) is 0 Å². The summed E-state index contributed by atoms with van der Waals surface area (Å²) < 4.78 is 0. The van der Waals surface area contributed by atoms with Gasteiger partial charge in [-0.2, -0.15) is 0 Å². The molecule has 5 heteroatoms. The van der Waals surface area contributed by atoms with E-state index < -0.39 is 13.1 Å². The van der Waals surface area contributed by atoms with Crippen LogP contribution in [0.15, 0.2) is 54.6 Å². The van der Waals surface area contributed by atoms with Crippen molar-refractivity contribution < 1.29 is 19.9 Å². The third-order valence-corrected chi connectivity index (χ3v) is 2.40. The molecule has 0 atom stereocenters. The number of aryl methyl sites for hydroxylation is 1. The van der Waals surface area contributed by atoms with Crippen molar-refractivity contribution in [2.45, 2.75) is 6.92 Å². The van der Waals surface area contributed by atoms with Crippen LogP contribution in [0.2, 0.25) is 0 Å². The Morgan fingerprint density at radius 3 is 1.84 bits per heavy atom. The molecule has 0 fully saturated rings. The fourth-order valence-corrected chi connectivity index (χ4v) is 1.32. The highest BCUT2D eigenvalue weighted by atomic mass is 16.4. The first kappa shape index (κ1) is 15.0. The number of hydrogen-bond donors (Lipinski definition) is 3. The van der Waals surface area contributed by atoms with E-state index in [9.17, 15) is 4.79 Å². The van der Waals surface area contributed by atoms with Crippen molar-refractivity contribution in [3.8, 4) is 0 Å². The van der Waals surface area contributed by atoms with E-state index in [1.165, 1.54) is 0 Å². The predicted octanol–water partition coefficient (Wildman–Crippen LogP) is 1.06. The van der Waals surface area contributed by atoms with E-state index in [2.05, 4.69) is 0 Å². The molecule has 0 amide bonds. The average Bonchev–Trinajstić information content (AvgIpc) is 2.41. The molecule has 0 radical (unpaired) electrons. The fourth-order valence-electron chi connectivity index (χ4n) is 1.32. The smallest absolute Gasteiger partial charge is 0.478 e. The molecule has 0 aliphatic rings. The van der Waals surface area contributed by atoms with Crippen molar-refractivity contribution in [1.29, 1.82) is 0 Å². The Morgan fingerprint density at radius 2 is 1.47 bits per heavy atom. The Kier molecular flexibility index (Phi) is 5.79. The van der Waals surface area contributed by atoms with Crippen LogP contribution in [-0.4, -0.2) is 28.2 Å². The molecule has 0 aliphatic carbocycles. The first-order valence-electron chi connectivity index (χ1n) is 5.71. The molecule has 0 aliphatic heterocycles. The Morgan fingerprint density at radius 1 is 0.947 bits per heavy atom. The molecule has 3 N–H and O–H groups in total. The van der Waals surface area contributed by atoms with Gasteiger partial charge in [-0.25, -0.2) is 4.79 Å². The summed E-state index contributed by atoms with van der Waals surface area (Å²) in [5, 5.41) is 25.6. The highest BCUT2D eigenvalue weighted by Crippen LogP contribution is 2.01. The van der Waals surface area contributed by atoms with Gasteiger partial charge in [-0.1, -0.05) is 48.0 Å². The molecule has 0 saturated heterocycles. The molecule has 2 aromatic carbocycles. The summed E-state index contributed by atoms with van der Waals surface area (Å²) in [6.07, 6.45) is 0. The van der Waals surface area contributed by atoms with Crippen LogP contribution >= 0.6 is 0 Å². The van der Waals surface area contributed by atoms with Crippen molar-refractivity contribution in [3.63, 3.8) is 0 Å². The summed E-state index contributed by atoms with van der Waals surface area (Å²) in [6.45, 7) is 1.92. The van der Waals surface area contributed by atoms with E-state index in [-0.39, 0.29) is 0 Å². The Balaban J connectivity index is 0.000000191. The van der Waals surface area contributed by atoms with Crippen LogP contribution in [0.1, 0.15) is 15.9 Å². The zero-order chi connectivity index (χ0) is 14.3. The summed E-state index contributed by atoms with van der Waals surface area (Å²) in [5.74, 6) is -0.875. The maximum Gasteiger partial charge on any atom is 0.488 e. The molecule has 0 saturated carbocycles. The molecule has 2 rings (SSSR count). The second kappa shape index (κ2) is 7.36. The monoisotopic (exact) mass is 258 g/mol. The van der Waals surface area contributed by atoms with Crippen LogP contribution < -0.4 is 5.46 Å². The van der Waals surface area contributed by atoms with Crippen LogP contribution in [0.25, 0.3) is 0 Å². The van der Waals surface area contributed by atoms with Gasteiger partial charge in [-0.3, -0.25) is 0 Å². The van der Waals surface area contributed by atoms with Crippen LogP contribution in [-0.2, 0) is 0 Å². The highest BCUT2D eigenvalue weighted by molar-refractivity contribution is 6.58. The maximum absolute atomic E-state index is 10.3. The van der Waals surface area contributed by atoms with Crippen LogP contribution in [0.5, 0.6) is 0 Å². The third kappa shape index (κ3) is 5.37. The van der Waals surface area contributed by atoms with Gasteiger partial charge in [-0.05, 0) is 24.5 Å². The van der Waals surface area contributed by atoms with Gasteiger partial charge >= 0.3 is 13.1 Å². The minimum Gasteiger partial charge on any atom is -0.478 e. The molecule has 0 aromatic heterocycles. The van der Waals surface area contributed by atoms with Gasteiger partial charge in [0.15, 0.2) is 0 Å². The second-order valence-electron chi connectivity index (χ2n) is 3.96. The van der Waals surface area contributed by atoms with E-state index in [1.807, 2.05) is 13.0 Å². The first-order chi connectivity index (χ1) is 9.00. The van der Waals surface area contributed by atoms with Gasteiger partial charge in [0.05, 0.1) is 5.56 Å². The molecule has 2 aromatic rings. The molecule has 98 valence electrons. The minimum absolute atomic E-state index is 0.339. The lowest BCUT2D eigenvalue weighted by Crippen LogP contribution is -2.29. The molecular formula is C14H15BO4. The molecule has 0 heterocycles. The van der Waals surface area contributed by atoms with Crippen LogP contribution in [0.3, 0.4) is 0 Å². The van der Waals surface area contributed by atoms with E-state index in [1.54, 1.807) is 48.5 Å². The van der Waals surface area contributed by atoms with Gasteiger partial charge in [-0.15, -0.1) is 0 Å². The van der Waals surface area contributed by atoms with Gasteiger partial charge in [0.1, 0.15) is 0 Å². The number of rotatable bonds is 2. The fraction of sp³-hybridized carbons (Fsp3) is 0.0714. The minimum atomic E-state index is -1.34. The van der Waals surface area contributed by atoms with Gasteiger partial charge in [0.2, 0.25) is 0 Å². The largest absolute Gasteiger partial charge is 0.488 e. The summed E-state index contributed by atoms with van der Waals surface area (Å²) in [4.78, 5) is 10.3. The zero-order valence-electron chi connectivity index (χ0n) is 10.5. The number of aromatic carboxylic acids is 1. The van der Waals surface area contributed by atoms with Crippen molar-refractivity contribution in [2.24, 2.45) is 0 Å². The molecule has 0 bridgehead atoms. The van der Waals surface area contributed by atoms with E-state index in [4.69, 9.17) is 15.2 Å². The Hall–Kier alpha value is -2.11. The Bertz CT molecular complexity index is 509. The van der Waals surface area contributed by atoms with Crippen LogP contribution in [0.4, 0.5) is 0 Å². The average molecular weight is 258 g/mol. The number of hydrogen-bond acceptors (Lipinski definition) is 3. The predicted molar refractivity (Wildman–Crippen MR) is 74.4 cm³/mol. The first-order valence-corrected chi connectivity index (χ1v) is 5.71. The second-order valence-corrected chi connectivity index (χ2v) is 3.96. The van der Waals surface area contributed by atoms with Crippen molar-refractivity contribution >= 4 is 18.6 Å². The molecule has 4 nitrogen and oxygen atoms in total. The zero-order valence-corrected chi connectivity index (χ0v) is 10.5. The molecule has 19 heavy (non-hydrogen) atoms. The third-order valence-electron chi connectivity index (χ3n) is 2.40. The van der Waals surface area contributed by atoms with Crippen molar-refractivity contribution in [2.75, 3.05) is 0 Å². The normalized spacial score (nSPS) is 9.21. The maximum atomic E-state index is 10.3. The van der Waals surface area contributed by atoms with Crippen molar-refractivity contribution in [3.05, 3.63) is 65.7 Å². The number of carboxylic acid groups (broad SMARTS) is 1.